The maximum Gasteiger partial charge on any atom is 0.237 e. The van der Waals surface area contributed by atoms with Gasteiger partial charge in [-0.3, -0.25) is 9.59 Å². The Kier molecular flexibility index (Phi) is 7.80. The van der Waals surface area contributed by atoms with Crippen LogP contribution < -0.4 is 10.6 Å². The Balaban J connectivity index is 1.52. The van der Waals surface area contributed by atoms with Crippen LogP contribution in [0.2, 0.25) is 10.0 Å². The number of hydrogen-bond donors (Lipinski definition) is 2. The van der Waals surface area contributed by atoms with E-state index in [9.17, 15) is 9.59 Å². The van der Waals surface area contributed by atoms with Crippen LogP contribution in [0.3, 0.4) is 0 Å². The summed E-state index contributed by atoms with van der Waals surface area (Å²) in [6, 6.07) is 21.7. The first kappa shape index (κ1) is 22.2. The molecule has 0 heterocycles. The number of carbonyl (C=O) groups excluding carboxylic acids is 2. The number of rotatable bonds is 7. The Morgan fingerprint density at radius 2 is 1.57 bits per heavy atom. The molecule has 0 radical (unpaired) electrons. The van der Waals surface area contributed by atoms with E-state index in [0.717, 1.165) is 10.5 Å². The van der Waals surface area contributed by atoms with E-state index in [1.165, 1.54) is 11.8 Å². The molecule has 0 aliphatic rings. The second-order valence-corrected chi connectivity index (χ2v) is 8.86. The van der Waals surface area contributed by atoms with Gasteiger partial charge >= 0.3 is 0 Å². The second kappa shape index (κ2) is 10.5. The molecule has 2 N–H and O–H groups in total. The van der Waals surface area contributed by atoms with Gasteiger partial charge in [0.1, 0.15) is 0 Å². The van der Waals surface area contributed by atoms with Crippen LogP contribution in [0.15, 0.2) is 77.7 Å². The average Bonchev–Trinajstić information content (AvgIpc) is 2.73. The summed E-state index contributed by atoms with van der Waals surface area (Å²) in [5.41, 5.74) is 2.18. The van der Waals surface area contributed by atoms with Crippen molar-refractivity contribution in [2.75, 3.05) is 10.6 Å². The minimum absolute atomic E-state index is 0.106. The fourth-order valence-corrected chi connectivity index (χ4v) is 3.84. The van der Waals surface area contributed by atoms with Crippen LogP contribution in [0.1, 0.15) is 12.5 Å². The summed E-state index contributed by atoms with van der Waals surface area (Å²) < 4.78 is 0. The first-order chi connectivity index (χ1) is 14.4. The number of thioether (sulfide) groups is 1. The van der Waals surface area contributed by atoms with Crippen molar-refractivity contribution >= 4 is 58.2 Å². The molecule has 30 heavy (non-hydrogen) atoms. The molecular weight excluding hydrogens is 439 g/mol. The highest BCUT2D eigenvalue weighted by Crippen LogP contribution is 2.27. The number of halogens is 2. The largest absolute Gasteiger partial charge is 0.326 e. The Bertz CT molecular complexity index is 1020. The third kappa shape index (κ3) is 6.52. The van der Waals surface area contributed by atoms with Gasteiger partial charge in [-0.2, -0.15) is 0 Å². The van der Waals surface area contributed by atoms with E-state index in [1.54, 1.807) is 24.3 Å². The van der Waals surface area contributed by atoms with Gasteiger partial charge in [0.15, 0.2) is 0 Å². The third-order valence-corrected chi connectivity index (χ3v) is 5.92. The van der Waals surface area contributed by atoms with Crippen LogP contribution in [-0.4, -0.2) is 17.1 Å². The van der Waals surface area contributed by atoms with Crippen molar-refractivity contribution < 1.29 is 9.59 Å². The zero-order chi connectivity index (χ0) is 21.5. The predicted molar refractivity (Wildman–Crippen MR) is 126 cm³/mol. The molecule has 2 amide bonds. The highest BCUT2D eigenvalue weighted by atomic mass is 35.5. The van der Waals surface area contributed by atoms with Crippen molar-refractivity contribution in [2.24, 2.45) is 0 Å². The SMILES string of the molecule is CC(Sc1ccc(NC(=O)Cc2ccc(Cl)cc2)cc1)C(=O)Nc1ccccc1Cl. The lowest BCUT2D eigenvalue weighted by atomic mass is 10.1. The number of nitrogens with one attached hydrogen (secondary N) is 2. The van der Waals surface area contributed by atoms with Crippen LogP contribution in [0.25, 0.3) is 0 Å². The van der Waals surface area contributed by atoms with Crippen molar-refractivity contribution in [2.45, 2.75) is 23.5 Å². The van der Waals surface area contributed by atoms with Gasteiger partial charge in [0.05, 0.1) is 22.4 Å². The second-order valence-electron chi connectivity index (χ2n) is 6.60. The smallest absolute Gasteiger partial charge is 0.237 e. The number of benzene rings is 3. The Labute approximate surface area is 190 Å². The predicted octanol–water partition coefficient (Wildman–Crippen LogP) is 6.29. The third-order valence-electron chi connectivity index (χ3n) is 4.23. The number of hydrogen-bond acceptors (Lipinski definition) is 3. The molecule has 0 bridgehead atoms. The Hall–Kier alpha value is -2.47. The number of amides is 2. The summed E-state index contributed by atoms with van der Waals surface area (Å²) in [7, 11) is 0. The van der Waals surface area contributed by atoms with E-state index in [-0.39, 0.29) is 23.5 Å². The van der Waals surface area contributed by atoms with Crippen molar-refractivity contribution in [3.8, 4) is 0 Å². The van der Waals surface area contributed by atoms with Gasteiger partial charge in [-0.15, -0.1) is 11.8 Å². The molecule has 3 rings (SSSR count). The molecule has 1 unspecified atom stereocenters. The number of para-hydroxylation sites is 1. The average molecular weight is 459 g/mol. The molecule has 3 aromatic carbocycles. The fraction of sp³-hybridized carbons (Fsp3) is 0.130. The van der Waals surface area contributed by atoms with Crippen molar-refractivity contribution in [1.82, 2.24) is 0 Å². The van der Waals surface area contributed by atoms with Crippen molar-refractivity contribution in [1.29, 1.82) is 0 Å². The molecule has 154 valence electrons. The Morgan fingerprint density at radius 1 is 0.900 bits per heavy atom. The molecule has 7 heteroatoms. The molecule has 4 nitrogen and oxygen atoms in total. The zero-order valence-corrected chi connectivity index (χ0v) is 18.5. The monoisotopic (exact) mass is 458 g/mol. The van der Waals surface area contributed by atoms with Crippen LogP contribution in [0, 0.1) is 0 Å². The fourth-order valence-electron chi connectivity index (χ4n) is 2.66. The lowest BCUT2D eigenvalue weighted by Gasteiger charge is -2.13. The van der Waals surface area contributed by atoms with Crippen LogP contribution in [0.4, 0.5) is 11.4 Å². The van der Waals surface area contributed by atoms with Crippen LogP contribution in [0.5, 0.6) is 0 Å². The van der Waals surface area contributed by atoms with Gasteiger partial charge in [0, 0.05) is 15.6 Å². The summed E-state index contributed by atoms with van der Waals surface area (Å²) in [4.78, 5) is 25.6. The lowest BCUT2D eigenvalue weighted by molar-refractivity contribution is -0.116. The molecule has 0 spiro atoms. The van der Waals surface area contributed by atoms with E-state index in [4.69, 9.17) is 23.2 Å². The minimum atomic E-state index is -0.313. The number of carbonyl (C=O) groups is 2. The summed E-state index contributed by atoms with van der Waals surface area (Å²) in [5.74, 6) is -0.237. The standard InChI is InChI=1S/C23H20Cl2N2O2S/c1-15(23(29)27-21-5-3-2-4-20(21)25)30-19-12-10-18(11-13-19)26-22(28)14-16-6-8-17(24)9-7-16/h2-13,15H,14H2,1H3,(H,26,28)(H,27,29). The van der Waals surface area contributed by atoms with Gasteiger partial charge < -0.3 is 10.6 Å². The molecule has 0 saturated heterocycles. The van der Waals surface area contributed by atoms with Crippen LogP contribution in [-0.2, 0) is 16.0 Å². The van der Waals surface area contributed by atoms with Crippen LogP contribution >= 0.6 is 35.0 Å². The van der Waals surface area contributed by atoms with Crippen molar-refractivity contribution in [3.63, 3.8) is 0 Å². The van der Waals surface area contributed by atoms with Gasteiger partial charge in [-0.1, -0.05) is 47.5 Å². The molecule has 3 aromatic rings. The zero-order valence-electron chi connectivity index (χ0n) is 16.2. The molecule has 0 saturated carbocycles. The van der Waals surface area contributed by atoms with E-state index in [2.05, 4.69) is 10.6 Å². The molecule has 0 aromatic heterocycles. The number of anilines is 2. The summed E-state index contributed by atoms with van der Waals surface area (Å²) in [6.45, 7) is 1.83. The lowest BCUT2D eigenvalue weighted by Crippen LogP contribution is -2.22. The van der Waals surface area contributed by atoms with E-state index in [0.29, 0.717) is 21.4 Å². The van der Waals surface area contributed by atoms with Crippen molar-refractivity contribution in [3.05, 3.63) is 88.4 Å². The minimum Gasteiger partial charge on any atom is -0.326 e. The molecular formula is C23H20Cl2N2O2S. The summed E-state index contributed by atoms with van der Waals surface area (Å²) >= 11 is 13.4. The molecule has 0 fully saturated rings. The van der Waals surface area contributed by atoms with Gasteiger partial charge in [0.25, 0.3) is 0 Å². The van der Waals surface area contributed by atoms with E-state index >= 15 is 0 Å². The maximum atomic E-state index is 12.4. The van der Waals surface area contributed by atoms with Gasteiger partial charge in [0.2, 0.25) is 11.8 Å². The maximum absolute atomic E-state index is 12.4. The molecule has 1 atom stereocenters. The highest BCUT2D eigenvalue weighted by Gasteiger charge is 2.15. The van der Waals surface area contributed by atoms with Gasteiger partial charge in [-0.05, 0) is 61.0 Å². The summed E-state index contributed by atoms with van der Waals surface area (Å²) in [6.07, 6.45) is 0.271. The molecule has 0 aliphatic carbocycles. The first-order valence-electron chi connectivity index (χ1n) is 9.27. The summed E-state index contributed by atoms with van der Waals surface area (Å²) in [5, 5.41) is 6.54. The molecule has 0 aliphatic heterocycles. The quantitative estimate of drug-likeness (QED) is 0.408. The highest BCUT2D eigenvalue weighted by molar-refractivity contribution is 8.00. The Morgan fingerprint density at radius 3 is 2.23 bits per heavy atom. The normalized spacial score (nSPS) is 11.6. The first-order valence-corrected chi connectivity index (χ1v) is 10.9. The van der Waals surface area contributed by atoms with E-state index < -0.39 is 0 Å². The van der Waals surface area contributed by atoms with Gasteiger partial charge in [-0.25, -0.2) is 0 Å². The topological polar surface area (TPSA) is 58.2 Å². The van der Waals surface area contributed by atoms with E-state index in [1.807, 2.05) is 55.5 Å².